The van der Waals surface area contributed by atoms with Crippen LogP contribution in [0.15, 0.2) is 35.2 Å². The number of ether oxygens (including phenoxy) is 7. The zero-order valence-electron chi connectivity index (χ0n) is 25.2. The Morgan fingerprint density at radius 1 is 0.864 bits per heavy atom. The summed E-state index contributed by atoms with van der Waals surface area (Å²) in [5, 5.41) is 1.14. The molecule has 15 nitrogen and oxygen atoms in total. The van der Waals surface area contributed by atoms with Gasteiger partial charge in [0.25, 0.3) is 0 Å². The fraction of sp³-hybridized carbons (Fsp3) is 0.536. The molecule has 44 heavy (non-hydrogen) atoms. The van der Waals surface area contributed by atoms with Crippen molar-refractivity contribution in [2.24, 2.45) is 0 Å². The topological polar surface area (TPSA) is 196 Å². The number of hydrogen-bond acceptors (Lipinski definition) is 15. The zero-order chi connectivity index (χ0) is 33.2. The Bertz CT molecular complexity index is 1240. The van der Waals surface area contributed by atoms with Gasteiger partial charge in [0.05, 0.1) is 13.2 Å². The molecule has 1 heterocycles. The van der Waals surface area contributed by atoms with Crippen molar-refractivity contribution in [2.75, 3.05) is 13.7 Å². The maximum Gasteiger partial charge on any atom is 0.381 e. The van der Waals surface area contributed by atoms with Gasteiger partial charge in [-0.3, -0.25) is 28.8 Å². The number of hydrogen-bond donors (Lipinski definition) is 1. The average molecular weight is 642 g/mol. The Kier molecular flexibility index (Phi) is 13.1. The van der Waals surface area contributed by atoms with Crippen molar-refractivity contribution in [1.29, 1.82) is 0 Å². The molecule has 0 spiro atoms. The average Bonchev–Trinajstić information content (AvgIpc) is 2.91. The molecule has 1 aromatic rings. The summed E-state index contributed by atoms with van der Waals surface area (Å²) in [5.74, 6) is -9.14. The molecule has 7 atom stereocenters. The maximum atomic E-state index is 13.6. The van der Waals surface area contributed by atoms with E-state index in [1.54, 1.807) is 30.3 Å². The van der Waals surface area contributed by atoms with Gasteiger partial charge in [-0.1, -0.05) is 18.2 Å². The van der Waals surface area contributed by atoms with Crippen LogP contribution in [0.5, 0.6) is 0 Å². The van der Waals surface area contributed by atoms with Crippen LogP contribution in [0.4, 0.5) is 0 Å². The number of carbonyl (C=O) groups excluding carboxylic acids is 7. The number of esters is 6. The monoisotopic (exact) mass is 641 g/mol. The molecular weight excluding hydrogens is 606 g/mol. The summed E-state index contributed by atoms with van der Waals surface area (Å²) in [6.45, 7) is 5.64. The maximum absolute atomic E-state index is 13.6. The molecule has 1 N–H and O–H groups in total. The molecule has 1 aliphatic rings. The number of thioether (sulfide) groups is 1. The van der Waals surface area contributed by atoms with Crippen LogP contribution in [0.25, 0.3) is 0 Å². The summed E-state index contributed by atoms with van der Waals surface area (Å²) in [4.78, 5) is 87.8. The van der Waals surface area contributed by atoms with Gasteiger partial charge in [-0.05, 0) is 12.1 Å². The predicted octanol–water partition coefficient (Wildman–Crippen LogP) is 0.841. The first kappa shape index (κ1) is 36.0. The van der Waals surface area contributed by atoms with E-state index in [2.05, 4.69) is 5.32 Å². The Hall–Kier alpha value is -4.18. The molecule has 1 fully saturated rings. The van der Waals surface area contributed by atoms with Gasteiger partial charge in [0.1, 0.15) is 24.1 Å². The zero-order valence-corrected chi connectivity index (χ0v) is 26.0. The van der Waals surface area contributed by atoms with Crippen LogP contribution in [-0.4, -0.2) is 96.9 Å². The minimum absolute atomic E-state index is 0.503. The van der Waals surface area contributed by atoms with Crippen molar-refractivity contribution in [3.63, 3.8) is 0 Å². The Labute approximate surface area is 257 Å². The van der Waals surface area contributed by atoms with Gasteiger partial charge < -0.3 is 38.5 Å². The lowest BCUT2D eigenvalue weighted by Crippen LogP contribution is -2.74. The largest absolute Gasteiger partial charge is 0.464 e. The molecule has 0 bridgehead atoms. The standard InChI is InChI=1S/C28H35NO14S/c1-14(30)29-22-24(23(40-17(4)33)21(39-16(3)32)13-38-15(2)31)43-28(27(36)37-7,42-19(6)35)26(25(22)41-18(5)34)44-20-11-9-8-10-12-20/h8-12,21-26H,13H2,1-7H3,(H,29,30)/t21-,22+,23-,24?,25+,26-,28+/m1/s1. The molecule has 0 saturated carbocycles. The van der Waals surface area contributed by atoms with E-state index in [1.807, 2.05) is 0 Å². The van der Waals surface area contributed by atoms with Gasteiger partial charge in [-0.25, -0.2) is 4.79 Å². The minimum atomic E-state index is -2.71. The van der Waals surface area contributed by atoms with Crippen molar-refractivity contribution in [2.45, 2.75) is 87.9 Å². The second kappa shape index (κ2) is 16.0. The number of benzene rings is 1. The highest BCUT2D eigenvalue weighted by molar-refractivity contribution is 8.00. The van der Waals surface area contributed by atoms with E-state index in [0.29, 0.717) is 4.90 Å². The molecule has 16 heteroatoms. The lowest BCUT2D eigenvalue weighted by Gasteiger charge is -2.51. The Balaban J connectivity index is 2.94. The number of methoxy groups -OCH3 is 1. The van der Waals surface area contributed by atoms with E-state index >= 15 is 0 Å². The number of rotatable bonds is 12. The van der Waals surface area contributed by atoms with Gasteiger partial charge >= 0.3 is 41.6 Å². The van der Waals surface area contributed by atoms with Crippen LogP contribution >= 0.6 is 11.8 Å². The predicted molar refractivity (Wildman–Crippen MR) is 148 cm³/mol. The third kappa shape index (κ3) is 9.67. The highest BCUT2D eigenvalue weighted by Crippen LogP contribution is 2.45. The minimum Gasteiger partial charge on any atom is -0.464 e. The van der Waals surface area contributed by atoms with E-state index in [-0.39, 0.29) is 0 Å². The quantitative estimate of drug-likeness (QED) is 0.249. The second-order valence-corrected chi connectivity index (χ2v) is 10.7. The van der Waals surface area contributed by atoms with Crippen molar-refractivity contribution in [1.82, 2.24) is 5.32 Å². The fourth-order valence-corrected chi connectivity index (χ4v) is 5.84. The van der Waals surface area contributed by atoms with Gasteiger partial charge in [-0.15, -0.1) is 11.8 Å². The van der Waals surface area contributed by atoms with E-state index in [0.717, 1.165) is 60.4 Å². The molecule has 2 rings (SSSR count). The summed E-state index contributed by atoms with van der Waals surface area (Å²) in [7, 11) is 0.989. The van der Waals surface area contributed by atoms with E-state index in [1.165, 1.54) is 0 Å². The van der Waals surface area contributed by atoms with E-state index in [9.17, 15) is 33.6 Å². The fourth-order valence-electron chi connectivity index (χ4n) is 4.52. The summed E-state index contributed by atoms with van der Waals surface area (Å²) in [6.07, 6.45) is -6.67. The first-order valence-corrected chi connectivity index (χ1v) is 14.1. The first-order valence-electron chi connectivity index (χ1n) is 13.2. The number of nitrogens with one attached hydrogen (secondary N) is 1. The van der Waals surface area contributed by atoms with Crippen LogP contribution in [0, 0.1) is 0 Å². The Morgan fingerprint density at radius 2 is 1.48 bits per heavy atom. The number of amides is 1. The third-order valence-corrected chi connectivity index (χ3v) is 7.27. The molecule has 1 saturated heterocycles. The molecule has 1 aliphatic heterocycles. The van der Waals surface area contributed by atoms with Crippen LogP contribution in [0.3, 0.4) is 0 Å². The van der Waals surface area contributed by atoms with Gasteiger partial charge in [0, 0.05) is 46.4 Å². The van der Waals surface area contributed by atoms with Gasteiger partial charge in [0.15, 0.2) is 12.2 Å². The van der Waals surface area contributed by atoms with Crippen molar-refractivity contribution in [3.8, 4) is 0 Å². The van der Waals surface area contributed by atoms with Crippen molar-refractivity contribution in [3.05, 3.63) is 30.3 Å². The second-order valence-electron chi connectivity index (χ2n) is 9.51. The summed E-state index contributed by atoms with van der Waals surface area (Å²) in [5.41, 5.74) is 0. The van der Waals surface area contributed by atoms with Gasteiger partial charge in [0.2, 0.25) is 5.91 Å². The van der Waals surface area contributed by atoms with Crippen LogP contribution in [0.2, 0.25) is 0 Å². The van der Waals surface area contributed by atoms with Crippen LogP contribution < -0.4 is 5.32 Å². The molecule has 242 valence electrons. The highest BCUT2D eigenvalue weighted by atomic mass is 32.2. The normalized spacial score (nSPS) is 24.0. The highest BCUT2D eigenvalue weighted by Gasteiger charge is 2.66. The Morgan fingerprint density at radius 3 is 1.95 bits per heavy atom. The molecule has 0 aliphatic carbocycles. The van der Waals surface area contributed by atoms with Crippen LogP contribution in [-0.2, 0) is 66.7 Å². The molecule has 1 amide bonds. The van der Waals surface area contributed by atoms with Crippen LogP contribution in [0.1, 0.15) is 41.5 Å². The molecule has 1 unspecified atom stereocenters. The number of carbonyl (C=O) groups is 7. The first-order chi connectivity index (χ1) is 20.6. The van der Waals surface area contributed by atoms with Crippen molar-refractivity contribution < 1.29 is 66.7 Å². The molecule has 0 aromatic heterocycles. The smallest absolute Gasteiger partial charge is 0.381 e. The molecule has 0 radical (unpaired) electrons. The third-order valence-electron chi connectivity index (χ3n) is 5.90. The van der Waals surface area contributed by atoms with Crippen molar-refractivity contribution >= 4 is 53.5 Å². The van der Waals surface area contributed by atoms with Gasteiger partial charge in [-0.2, -0.15) is 0 Å². The van der Waals surface area contributed by atoms with E-state index in [4.69, 9.17) is 33.2 Å². The molecule has 1 aromatic carbocycles. The van der Waals surface area contributed by atoms with E-state index < -0.39 is 89.8 Å². The summed E-state index contributed by atoms with van der Waals surface area (Å²) >= 11 is 0.905. The lowest BCUT2D eigenvalue weighted by molar-refractivity contribution is -0.300. The summed E-state index contributed by atoms with van der Waals surface area (Å²) < 4.78 is 38.3. The molecular formula is C28H35NO14S. The lowest BCUT2D eigenvalue weighted by atomic mass is 9.87. The SMILES string of the molecule is COC(=O)[C@@]1(OC(C)=O)OC([C@H](OC(C)=O)[C@@H](COC(C)=O)OC(C)=O)[C@H](NC(C)=O)[C@H](OC(C)=O)[C@H]1Sc1ccccc1. The summed E-state index contributed by atoms with van der Waals surface area (Å²) in [6, 6.07) is 6.95.